The fraction of sp³-hybridized carbons (Fsp3) is 0.400. The van der Waals surface area contributed by atoms with E-state index in [2.05, 4.69) is 9.97 Å². The van der Waals surface area contributed by atoms with Crippen LogP contribution in [-0.4, -0.2) is 23.1 Å². The lowest BCUT2D eigenvalue weighted by Gasteiger charge is -1.96. The quantitative estimate of drug-likeness (QED) is 0.588. The second kappa shape index (κ2) is 3.09. The summed E-state index contributed by atoms with van der Waals surface area (Å²) in [5.41, 5.74) is 5.18. The van der Waals surface area contributed by atoms with Crippen LogP contribution in [0.5, 0.6) is 6.01 Å². The van der Waals surface area contributed by atoms with Crippen LogP contribution in [0, 0.1) is 0 Å². The molecule has 0 unspecified atom stereocenters. The van der Waals surface area contributed by atoms with Crippen LogP contribution in [0.2, 0.25) is 0 Å². The molecule has 0 aliphatic heterocycles. The Bertz CT molecular complexity index is 149. The SMILES string of the molecule is NCCOc1ncc[nH]1. The van der Waals surface area contributed by atoms with Gasteiger partial charge in [-0.1, -0.05) is 0 Å². The molecule has 4 nitrogen and oxygen atoms in total. The van der Waals surface area contributed by atoms with Gasteiger partial charge >= 0.3 is 0 Å². The van der Waals surface area contributed by atoms with Crippen molar-refractivity contribution in [1.29, 1.82) is 0 Å². The minimum atomic E-state index is 0.507. The number of hydrogen-bond donors (Lipinski definition) is 2. The van der Waals surface area contributed by atoms with Crippen LogP contribution in [0.3, 0.4) is 0 Å². The van der Waals surface area contributed by atoms with E-state index in [1.54, 1.807) is 12.4 Å². The van der Waals surface area contributed by atoms with E-state index in [1.807, 2.05) is 0 Å². The molecule has 1 heterocycles. The first-order chi connectivity index (χ1) is 4.43. The molecule has 0 radical (unpaired) electrons. The lowest BCUT2D eigenvalue weighted by molar-refractivity contribution is 0.305. The highest BCUT2D eigenvalue weighted by molar-refractivity contribution is 4.91. The predicted octanol–water partition coefficient (Wildman–Crippen LogP) is -0.253. The number of nitrogens with zero attached hydrogens (tertiary/aromatic N) is 1. The molecule has 4 heteroatoms. The van der Waals surface area contributed by atoms with Gasteiger partial charge in [-0.05, 0) is 0 Å². The molecule has 1 aromatic heterocycles. The Hall–Kier alpha value is -1.03. The van der Waals surface area contributed by atoms with Gasteiger partial charge in [-0.15, -0.1) is 0 Å². The summed E-state index contributed by atoms with van der Waals surface area (Å²) in [6.45, 7) is 1.02. The summed E-state index contributed by atoms with van der Waals surface area (Å²) in [5.74, 6) is 0. The smallest absolute Gasteiger partial charge is 0.293 e. The first-order valence-electron chi connectivity index (χ1n) is 2.75. The number of H-pyrrole nitrogens is 1. The molecule has 0 aliphatic carbocycles. The Labute approximate surface area is 53.0 Å². The van der Waals surface area contributed by atoms with Crippen molar-refractivity contribution >= 4 is 0 Å². The van der Waals surface area contributed by atoms with E-state index in [1.165, 1.54) is 0 Å². The molecular formula is C5H9N3O. The lowest BCUT2D eigenvalue weighted by Crippen LogP contribution is -2.11. The van der Waals surface area contributed by atoms with Crippen LogP contribution in [0.15, 0.2) is 12.4 Å². The van der Waals surface area contributed by atoms with Gasteiger partial charge in [0, 0.05) is 18.9 Å². The fourth-order valence-electron chi connectivity index (χ4n) is 0.485. The monoisotopic (exact) mass is 127 g/mol. The van der Waals surface area contributed by atoms with Crippen LogP contribution >= 0.6 is 0 Å². The molecule has 1 aromatic rings. The van der Waals surface area contributed by atoms with E-state index in [-0.39, 0.29) is 0 Å². The molecule has 0 saturated carbocycles. The summed E-state index contributed by atoms with van der Waals surface area (Å²) < 4.78 is 5.00. The van der Waals surface area contributed by atoms with E-state index in [0.29, 0.717) is 19.2 Å². The molecule has 0 bridgehead atoms. The van der Waals surface area contributed by atoms with Crippen LogP contribution < -0.4 is 10.5 Å². The Morgan fingerprint density at radius 3 is 3.22 bits per heavy atom. The average Bonchev–Trinajstić information content (AvgIpc) is 2.34. The summed E-state index contributed by atoms with van der Waals surface area (Å²) >= 11 is 0. The number of imidazole rings is 1. The number of nitrogens with one attached hydrogen (secondary N) is 1. The molecule has 0 aliphatic rings. The van der Waals surface area contributed by atoms with E-state index < -0.39 is 0 Å². The normalized spacial score (nSPS) is 9.44. The highest BCUT2D eigenvalue weighted by Crippen LogP contribution is 1.96. The molecule has 0 spiro atoms. The number of hydrogen-bond acceptors (Lipinski definition) is 3. The summed E-state index contributed by atoms with van der Waals surface area (Å²) in [4.78, 5) is 6.60. The van der Waals surface area contributed by atoms with Gasteiger partial charge in [0.1, 0.15) is 6.61 Å². The minimum Gasteiger partial charge on any atom is -0.463 e. The van der Waals surface area contributed by atoms with Crippen LogP contribution in [-0.2, 0) is 0 Å². The number of rotatable bonds is 3. The Morgan fingerprint density at radius 1 is 1.78 bits per heavy atom. The third-order valence-corrected chi connectivity index (χ3v) is 0.830. The first-order valence-corrected chi connectivity index (χ1v) is 2.75. The van der Waals surface area contributed by atoms with Gasteiger partial charge in [0.15, 0.2) is 0 Å². The van der Waals surface area contributed by atoms with Crippen LogP contribution in [0.4, 0.5) is 0 Å². The highest BCUT2D eigenvalue weighted by atomic mass is 16.5. The van der Waals surface area contributed by atoms with Crippen molar-refractivity contribution in [2.75, 3.05) is 13.2 Å². The molecular weight excluding hydrogens is 118 g/mol. The fourth-order valence-corrected chi connectivity index (χ4v) is 0.485. The third-order valence-electron chi connectivity index (χ3n) is 0.830. The predicted molar refractivity (Wildman–Crippen MR) is 33.1 cm³/mol. The molecule has 0 amide bonds. The van der Waals surface area contributed by atoms with Crippen molar-refractivity contribution in [2.24, 2.45) is 5.73 Å². The number of aromatic nitrogens is 2. The second-order valence-corrected chi connectivity index (χ2v) is 1.53. The molecule has 3 N–H and O–H groups in total. The average molecular weight is 127 g/mol. The van der Waals surface area contributed by atoms with Crippen molar-refractivity contribution in [3.63, 3.8) is 0 Å². The zero-order chi connectivity index (χ0) is 6.53. The maximum atomic E-state index is 5.18. The summed E-state index contributed by atoms with van der Waals surface area (Å²) in [6, 6.07) is 0.528. The number of ether oxygens (including phenoxy) is 1. The second-order valence-electron chi connectivity index (χ2n) is 1.53. The maximum Gasteiger partial charge on any atom is 0.293 e. The van der Waals surface area contributed by atoms with Crippen LogP contribution in [0.1, 0.15) is 0 Å². The Morgan fingerprint density at radius 2 is 2.67 bits per heavy atom. The van der Waals surface area contributed by atoms with Gasteiger partial charge in [0.2, 0.25) is 0 Å². The van der Waals surface area contributed by atoms with Gasteiger partial charge in [0.25, 0.3) is 6.01 Å². The molecule has 0 saturated heterocycles. The maximum absolute atomic E-state index is 5.18. The van der Waals surface area contributed by atoms with Gasteiger partial charge in [-0.25, -0.2) is 4.98 Å². The Balaban J connectivity index is 2.30. The van der Waals surface area contributed by atoms with Crippen molar-refractivity contribution in [3.05, 3.63) is 12.4 Å². The molecule has 0 aromatic carbocycles. The van der Waals surface area contributed by atoms with Gasteiger partial charge in [-0.3, -0.25) is 0 Å². The topological polar surface area (TPSA) is 63.9 Å². The standard InChI is InChI=1S/C5H9N3O/c6-1-4-9-5-7-2-3-8-5/h2-3H,1,4,6H2,(H,7,8). The molecule has 0 atom stereocenters. The van der Waals surface area contributed by atoms with E-state index >= 15 is 0 Å². The van der Waals surface area contributed by atoms with Crippen molar-refractivity contribution in [2.45, 2.75) is 0 Å². The molecule has 0 fully saturated rings. The summed E-state index contributed by atoms with van der Waals surface area (Å²) in [5, 5.41) is 0. The number of nitrogens with two attached hydrogens (primary N) is 1. The van der Waals surface area contributed by atoms with Gasteiger partial charge in [-0.2, -0.15) is 0 Å². The first kappa shape index (κ1) is 6.10. The zero-order valence-corrected chi connectivity index (χ0v) is 5.00. The number of aromatic amines is 1. The van der Waals surface area contributed by atoms with E-state index in [9.17, 15) is 0 Å². The lowest BCUT2D eigenvalue weighted by atomic mass is 10.7. The largest absolute Gasteiger partial charge is 0.463 e. The van der Waals surface area contributed by atoms with E-state index in [0.717, 1.165) is 0 Å². The van der Waals surface area contributed by atoms with Gasteiger partial charge < -0.3 is 15.5 Å². The van der Waals surface area contributed by atoms with Crippen molar-refractivity contribution in [3.8, 4) is 6.01 Å². The molecule has 9 heavy (non-hydrogen) atoms. The molecule has 50 valence electrons. The van der Waals surface area contributed by atoms with Gasteiger partial charge in [0.05, 0.1) is 0 Å². The summed E-state index contributed by atoms with van der Waals surface area (Å²) in [6.07, 6.45) is 3.33. The van der Waals surface area contributed by atoms with Crippen molar-refractivity contribution in [1.82, 2.24) is 9.97 Å². The van der Waals surface area contributed by atoms with Crippen LogP contribution in [0.25, 0.3) is 0 Å². The molecule has 1 rings (SSSR count). The van der Waals surface area contributed by atoms with Crippen molar-refractivity contribution < 1.29 is 4.74 Å². The highest BCUT2D eigenvalue weighted by Gasteiger charge is 1.89. The Kier molecular flexibility index (Phi) is 2.09. The minimum absolute atomic E-state index is 0.507. The van der Waals surface area contributed by atoms with E-state index in [4.69, 9.17) is 10.5 Å². The summed E-state index contributed by atoms with van der Waals surface area (Å²) in [7, 11) is 0. The third kappa shape index (κ3) is 1.73. The zero-order valence-electron chi connectivity index (χ0n) is 5.00.